The van der Waals surface area contributed by atoms with E-state index in [9.17, 15) is 0 Å². The van der Waals surface area contributed by atoms with Gasteiger partial charge < -0.3 is 4.74 Å². The highest BCUT2D eigenvalue weighted by Gasteiger charge is 2.15. The first-order valence-corrected chi connectivity index (χ1v) is 6.25. The van der Waals surface area contributed by atoms with Crippen molar-refractivity contribution >= 4 is 11.6 Å². The molecule has 4 heteroatoms. The molecule has 1 aromatic rings. The number of hydrogen-bond donors (Lipinski definition) is 0. The third-order valence-electron chi connectivity index (χ3n) is 3.16. The van der Waals surface area contributed by atoms with E-state index in [1.165, 1.54) is 38.4 Å². The summed E-state index contributed by atoms with van der Waals surface area (Å²) in [6.45, 7) is 2.65. The van der Waals surface area contributed by atoms with Gasteiger partial charge in [-0.2, -0.15) is 0 Å². The van der Waals surface area contributed by atoms with Crippen LogP contribution < -0.4 is 4.74 Å². The summed E-state index contributed by atoms with van der Waals surface area (Å²) in [5, 5.41) is 0.480. The predicted octanol–water partition coefficient (Wildman–Crippen LogP) is 3.40. The van der Waals surface area contributed by atoms with Crippen molar-refractivity contribution in [3.63, 3.8) is 0 Å². The van der Waals surface area contributed by atoms with Crippen molar-refractivity contribution in [2.45, 2.75) is 39.0 Å². The molecule has 2 rings (SSSR count). The van der Waals surface area contributed by atoms with Gasteiger partial charge in [-0.1, -0.05) is 30.9 Å². The molecule has 0 N–H and O–H groups in total. The fraction of sp³-hybridized carbons (Fsp3) is 0.667. The van der Waals surface area contributed by atoms with E-state index in [0.29, 0.717) is 17.0 Å². The van der Waals surface area contributed by atoms with E-state index in [2.05, 4.69) is 9.97 Å². The number of rotatable bonds is 3. The molecule has 1 aromatic heterocycles. The lowest BCUT2D eigenvalue weighted by Gasteiger charge is -2.21. The van der Waals surface area contributed by atoms with E-state index in [0.717, 1.165) is 12.2 Å². The van der Waals surface area contributed by atoms with Gasteiger partial charge in [0, 0.05) is 5.56 Å². The molecule has 1 saturated carbocycles. The Kier molecular flexibility index (Phi) is 3.99. The standard InChI is InChI=1S/C12H17ClN2O/c1-9-11(13)14-8-15-12(9)16-7-10-5-3-2-4-6-10/h8,10H,2-7H2,1H3. The zero-order valence-electron chi connectivity index (χ0n) is 9.58. The highest BCUT2D eigenvalue weighted by Crippen LogP contribution is 2.26. The molecule has 0 radical (unpaired) electrons. The monoisotopic (exact) mass is 240 g/mol. The van der Waals surface area contributed by atoms with Gasteiger partial charge in [-0.25, -0.2) is 9.97 Å². The molecule has 0 atom stereocenters. The fourth-order valence-electron chi connectivity index (χ4n) is 2.11. The lowest BCUT2D eigenvalue weighted by atomic mass is 9.90. The molecule has 1 heterocycles. The van der Waals surface area contributed by atoms with E-state index in [1.807, 2.05) is 6.92 Å². The smallest absolute Gasteiger partial charge is 0.220 e. The fourth-order valence-corrected chi connectivity index (χ4v) is 2.23. The van der Waals surface area contributed by atoms with Gasteiger partial charge in [-0.15, -0.1) is 0 Å². The molecule has 0 spiro atoms. The molecule has 1 fully saturated rings. The number of hydrogen-bond acceptors (Lipinski definition) is 3. The molecule has 16 heavy (non-hydrogen) atoms. The Morgan fingerprint density at radius 1 is 1.31 bits per heavy atom. The van der Waals surface area contributed by atoms with Crippen molar-refractivity contribution < 1.29 is 4.74 Å². The summed E-state index contributed by atoms with van der Waals surface area (Å²) in [7, 11) is 0. The van der Waals surface area contributed by atoms with E-state index in [1.54, 1.807) is 0 Å². The number of ether oxygens (including phenoxy) is 1. The summed E-state index contributed by atoms with van der Waals surface area (Å²) >= 11 is 5.90. The van der Waals surface area contributed by atoms with Gasteiger partial charge in [-0.05, 0) is 25.7 Å². The largest absolute Gasteiger partial charge is 0.477 e. The minimum absolute atomic E-state index is 0.480. The molecule has 0 unspecified atom stereocenters. The van der Waals surface area contributed by atoms with Crippen LogP contribution in [0.1, 0.15) is 37.7 Å². The van der Waals surface area contributed by atoms with Gasteiger partial charge in [-0.3, -0.25) is 0 Å². The van der Waals surface area contributed by atoms with Gasteiger partial charge >= 0.3 is 0 Å². The molecule has 0 aromatic carbocycles. The van der Waals surface area contributed by atoms with Crippen molar-refractivity contribution in [1.82, 2.24) is 9.97 Å². The van der Waals surface area contributed by atoms with Gasteiger partial charge in [0.1, 0.15) is 11.5 Å². The van der Waals surface area contributed by atoms with Crippen LogP contribution in [-0.2, 0) is 0 Å². The Bertz CT molecular complexity index is 351. The summed E-state index contributed by atoms with van der Waals surface area (Å²) in [4.78, 5) is 8.01. The maximum absolute atomic E-state index is 5.90. The van der Waals surface area contributed by atoms with Crippen LogP contribution in [0.15, 0.2) is 6.33 Å². The number of aromatic nitrogens is 2. The molecule has 1 aliphatic rings. The van der Waals surface area contributed by atoms with E-state index < -0.39 is 0 Å². The average molecular weight is 241 g/mol. The normalized spacial score (nSPS) is 17.4. The Hall–Kier alpha value is -0.830. The van der Waals surface area contributed by atoms with Crippen LogP contribution in [0.25, 0.3) is 0 Å². The first-order chi connectivity index (χ1) is 7.77. The third kappa shape index (κ3) is 2.85. The van der Waals surface area contributed by atoms with Crippen molar-refractivity contribution in [3.8, 4) is 5.88 Å². The second-order valence-corrected chi connectivity index (χ2v) is 4.77. The van der Waals surface area contributed by atoms with E-state index >= 15 is 0 Å². The zero-order chi connectivity index (χ0) is 11.4. The van der Waals surface area contributed by atoms with Crippen LogP contribution in [0.4, 0.5) is 0 Å². The lowest BCUT2D eigenvalue weighted by Crippen LogP contribution is -2.16. The summed E-state index contributed by atoms with van der Waals surface area (Å²) in [5.74, 6) is 1.31. The summed E-state index contributed by atoms with van der Waals surface area (Å²) in [6.07, 6.45) is 8.03. The quantitative estimate of drug-likeness (QED) is 0.760. The van der Waals surface area contributed by atoms with Gasteiger partial charge in [0.05, 0.1) is 6.61 Å². The average Bonchev–Trinajstić information content (AvgIpc) is 2.32. The SMILES string of the molecule is Cc1c(Cl)ncnc1OCC1CCCCC1. The predicted molar refractivity (Wildman–Crippen MR) is 63.8 cm³/mol. The Morgan fingerprint density at radius 3 is 2.81 bits per heavy atom. The highest BCUT2D eigenvalue weighted by atomic mass is 35.5. The van der Waals surface area contributed by atoms with Gasteiger partial charge in [0.2, 0.25) is 5.88 Å². The second-order valence-electron chi connectivity index (χ2n) is 4.41. The molecule has 0 saturated heterocycles. The molecular formula is C12H17ClN2O. The van der Waals surface area contributed by atoms with Crippen LogP contribution in [0.5, 0.6) is 5.88 Å². The maximum atomic E-state index is 5.90. The minimum Gasteiger partial charge on any atom is -0.477 e. The Morgan fingerprint density at radius 2 is 2.06 bits per heavy atom. The van der Waals surface area contributed by atoms with Crippen LogP contribution in [0, 0.1) is 12.8 Å². The number of halogens is 1. The summed E-state index contributed by atoms with van der Waals surface area (Å²) in [6, 6.07) is 0. The number of nitrogens with zero attached hydrogens (tertiary/aromatic N) is 2. The summed E-state index contributed by atoms with van der Waals surface area (Å²) in [5.41, 5.74) is 0.833. The molecule has 1 aliphatic carbocycles. The van der Waals surface area contributed by atoms with Crippen LogP contribution >= 0.6 is 11.6 Å². The topological polar surface area (TPSA) is 35.0 Å². The first-order valence-electron chi connectivity index (χ1n) is 5.87. The third-order valence-corrected chi connectivity index (χ3v) is 3.54. The van der Waals surface area contributed by atoms with Crippen molar-refractivity contribution in [2.24, 2.45) is 5.92 Å². The van der Waals surface area contributed by atoms with Gasteiger partial charge in [0.15, 0.2) is 0 Å². The van der Waals surface area contributed by atoms with E-state index in [-0.39, 0.29) is 0 Å². The molecular weight excluding hydrogens is 224 g/mol. The highest BCUT2D eigenvalue weighted by molar-refractivity contribution is 6.30. The van der Waals surface area contributed by atoms with Crippen molar-refractivity contribution in [2.75, 3.05) is 6.61 Å². The Balaban J connectivity index is 1.91. The van der Waals surface area contributed by atoms with E-state index in [4.69, 9.17) is 16.3 Å². The van der Waals surface area contributed by atoms with Crippen LogP contribution in [0.3, 0.4) is 0 Å². The molecule has 3 nitrogen and oxygen atoms in total. The van der Waals surface area contributed by atoms with Crippen molar-refractivity contribution in [3.05, 3.63) is 17.0 Å². The minimum atomic E-state index is 0.480. The van der Waals surface area contributed by atoms with Crippen LogP contribution in [0.2, 0.25) is 5.15 Å². The van der Waals surface area contributed by atoms with Gasteiger partial charge in [0.25, 0.3) is 0 Å². The summed E-state index contributed by atoms with van der Waals surface area (Å²) < 4.78 is 5.72. The second kappa shape index (κ2) is 5.48. The Labute approximate surface area is 101 Å². The lowest BCUT2D eigenvalue weighted by molar-refractivity contribution is 0.201. The van der Waals surface area contributed by atoms with Crippen molar-refractivity contribution in [1.29, 1.82) is 0 Å². The molecule has 0 bridgehead atoms. The maximum Gasteiger partial charge on any atom is 0.220 e. The molecule has 0 aliphatic heterocycles. The molecule has 0 amide bonds. The molecule has 88 valence electrons. The zero-order valence-corrected chi connectivity index (χ0v) is 10.3. The first kappa shape index (κ1) is 11.6. The van der Waals surface area contributed by atoms with Crippen LogP contribution in [-0.4, -0.2) is 16.6 Å².